The predicted molar refractivity (Wildman–Crippen MR) is 208 cm³/mol. The quantitative estimate of drug-likeness (QED) is 0.174. The Labute approximate surface area is 291 Å². The van der Waals surface area contributed by atoms with Crippen LogP contribution in [-0.2, 0) is 18.3 Å². The highest BCUT2D eigenvalue weighted by atomic mass is 15.1. The molecule has 2 aliphatic heterocycles. The van der Waals surface area contributed by atoms with Gasteiger partial charge in [-0.25, -0.2) is 0 Å². The number of anilines is 4. The average molecular weight is 635 g/mol. The van der Waals surface area contributed by atoms with Crippen LogP contribution in [0, 0.1) is 0 Å². The summed E-state index contributed by atoms with van der Waals surface area (Å²) in [5.41, 5.74) is 18.6. The number of rotatable bonds is 5. The Hall–Kier alpha value is -5.34. The maximum absolute atomic E-state index is 2.52. The summed E-state index contributed by atoms with van der Waals surface area (Å²) >= 11 is 0. The van der Waals surface area contributed by atoms with Crippen molar-refractivity contribution in [2.75, 3.05) is 22.9 Å². The first-order chi connectivity index (χ1) is 24.0. The molecule has 1 aliphatic carbocycles. The number of hydrogen-bond donors (Lipinski definition) is 0. The molecule has 2 heteroatoms. The third kappa shape index (κ3) is 5.27. The van der Waals surface area contributed by atoms with Crippen LogP contribution in [0.4, 0.5) is 22.7 Å². The van der Waals surface area contributed by atoms with Crippen LogP contribution >= 0.6 is 0 Å². The molecule has 3 aliphatic rings. The molecule has 0 radical (unpaired) electrons. The summed E-state index contributed by atoms with van der Waals surface area (Å²) in [4.78, 5) is 4.99. The van der Waals surface area contributed by atoms with Crippen molar-refractivity contribution in [2.45, 2.75) is 44.9 Å². The van der Waals surface area contributed by atoms with Crippen LogP contribution in [0.15, 0.2) is 133 Å². The van der Waals surface area contributed by atoms with Gasteiger partial charge in [0.05, 0.1) is 0 Å². The average Bonchev–Trinajstić information content (AvgIpc) is 3.38. The van der Waals surface area contributed by atoms with Gasteiger partial charge in [0.2, 0.25) is 0 Å². The lowest BCUT2D eigenvalue weighted by Crippen LogP contribution is -2.25. The van der Waals surface area contributed by atoms with E-state index in [0.29, 0.717) is 0 Å². The molecule has 0 N–H and O–H groups in total. The largest absolute Gasteiger partial charge is 0.341 e. The minimum atomic E-state index is -0.0632. The summed E-state index contributed by atoms with van der Waals surface area (Å²) in [6.07, 6.45) is 9.21. The zero-order chi connectivity index (χ0) is 33.0. The number of aryl methyl sites for hydroxylation is 2. The van der Waals surface area contributed by atoms with Gasteiger partial charge in [0, 0.05) is 41.3 Å². The topological polar surface area (TPSA) is 6.48 Å². The fourth-order valence-electron chi connectivity index (χ4n) is 8.45. The standard InChI is InChI=1S/C47H42N2/c1-47(2)43-30-34(22-26-41(43)42-27-25-40(32-44(42)47)49-29-9-14-37-11-4-6-17-46(37)49)19-18-33-20-23-35(24-21-33)38-12-7-15-39(31-38)48-28-8-13-36-10-3-5-16-45(36)48/h3-7,10-12,15-27,30-32H,8-9,13-14,28-29H2,1-2H3/b19-18+. The van der Waals surface area contributed by atoms with E-state index in [1.165, 1.54) is 91.2 Å². The lowest BCUT2D eigenvalue weighted by atomic mass is 9.81. The molecule has 0 aromatic heterocycles. The number of nitrogens with zero attached hydrogens (tertiary/aromatic N) is 2. The lowest BCUT2D eigenvalue weighted by Gasteiger charge is -2.32. The Morgan fingerprint density at radius 2 is 1.06 bits per heavy atom. The van der Waals surface area contributed by atoms with Gasteiger partial charge in [-0.2, -0.15) is 0 Å². The molecule has 0 fully saturated rings. The summed E-state index contributed by atoms with van der Waals surface area (Å²) in [6, 6.07) is 49.9. The minimum Gasteiger partial charge on any atom is -0.341 e. The van der Waals surface area contributed by atoms with Crippen LogP contribution in [0.25, 0.3) is 34.4 Å². The summed E-state index contributed by atoms with van der Waals surface area (Å²) < 4.78 is 0. The predicted octanol–water partition coefficient (Wildman–Crippen LogP) is 12.0. The Morgan fingerprint density at radius 1 is 0.490 bits per heavy atom. The van der Waals surface area contributed by atoms with Gasteiger partial charge in [-0.15, -0.1) is 0 Å². The van der Waals surface area contributed by atoms with E-state index in [4.69, 9.17) is 0 Å². The fourth-order valence-corrected chi connectivity index (χ4v) is 8.45. The highest BCUT2D eigenvalue weighted by molar-refractivity contribution is 5.85. The first-order valence-electron chi connectivity index (χ1n) is 17.9. The summed E-state index contributed by atoms with van der Waals surface area (Å²) in [5.74, 6) is 0. The van der Waals surface area contributed by atoms with Crippen molar-refractivity contribution in [3.05, 3.63) is 167 Å². The van der Waals surface area contributed by atoms with Crippen LogP contribution in [0.5, 0.6) is 0 Å². The van der Waals surface area contributed by atoms with Crippen LogP contribution in [0.1, 0.15) is 60.1 Å². The van der Waals surface area contributed by atoms with Crippen LogP contribution < -0.4 is 9.80 Å². The third-order valence-corrected chi connectivity index (χ3v) is 11.1. The third-order valence-electron chi connectivity index (χ3n) is 11.1. The molecule has 0 spiro atoms. The molecule has 0 amide bonds. The highest BCUT2D eigenvalue weighted by Crippen LogP contribution is 2.50. The summed E-state index contributed by atoms with van der Waals surface area (Å²) in [7, 11) is 0. The van der Waals surface area contributed by atoms with Gasteiger partial charge in [0.25, 0.3) is 0 Å². The van der Waals surface area contributed by atoms with Crippen molar-refractivity contribution in [3.63, 3.8) is 0 Å². The highest BCUT2D eigenvalue weighted by Gasteiger charge is 2.36. The van der Waals surface area contributed by atoms with Gasteiger partial charge in [0.1, 0.15) is 0 Å². The smallest absolute Gasteiger partial charge is 0.0443 e. The molecule has 6 aromatic carbocycles. The number of benzene rings is 6. The molecule has 0 unspecified atom stereocenters. The minimum absolute atomic E-state index is 0.0632. The molecule has 6 aromatic rings. The second-order valence-electron chi connectivity index (χ2n) is 14.4. The molecule has 9 rings (SSSR count). The van der Waals surface area contributed by atoms with Crippen molar-refractivity contribution in [1.29, 1.82) is 0 Å². The first-order valence-corrected chi connectivity index (χ1v) is 17.9. The van der Waals surface area contributed by atoms with Gasteiger partial charge in [-0.1, -0.05) is 123 Å². The zero-order valence-electron chi connectivity index (χ0n) is 28.5. The molecule has 49 heavy (non-hydrogen) atoms. The van der Waals surface area contributed by atoms with E-state index >= 15 is 0 Å². The Kier molecular flexibility index (Phi) is 7.27. The number of para-hydroxylation sites is 2. The first kappa shape index (κ1) is 29.8. The Bertz CT molecular complexity index is 2220. The van der Waals surface area contributed by atoms with E-state index in [0.717, 1.165) is 25.9 Å². The van der Waals surface area contributed by atoms with Crippen molar-refractivity contribution < 1.29 is 0 Å². The molecular formula is C47H42N2. The molecule has 2 heterocycles. The molecule has 0 saturated heterocycles. The van der Waals surface area contributed by atoms with E-state index in [2.05, 4.69) is 169 Å². The second-order valence-corrected chi connectivity index (χ2v) is 14.4. The lowest BCUT2D eigenvalue weighted by molar-refractivity contribution is 0.659. The van der Waals surface area contributed by atoms with Crippen LogP contribution in [0.2, 0.25) is 0 Å². The second kappa shape index (κ2) is 12.0. The van der Waals surface area contributed by atoms with Crippen molar-refractivity contribution in [2.24, 2.45) is 0 Å². The van der Waals surface area contributed by atoms with Gasteiger partial charge >= 0.3 is 0 Å². The number of hydrogen-bond acceptors (Lipinski definition) is 2. The van der Waals surface area contributed by atoms with Crippen molar-refractivity contribution in [1.82, 2.24) is 0 Å². The Balaban J connectivity index is 0.942. The summed E-state index contributed by atoms with van der Waals surface area (Å²) in [6.45, 7) is 6.90. The maximum atomic E-state index is 2.52. The summed E-state index contributed by atoms with van der Waals surface area (Å²) in [5, 5.41) is 0. The van der Waals surface area contributed by atoms with Gasteiger partial charge < -0.3 is 9.80 Å². The monoisotopic (exact) mass is 634 g/mol. The SMILES string of the molecule is CC1(C)c2cc(/C=C/c3ccc(-c4cccc(N5CCCc6ccccc65)c4)cc3)ccc2-c2ccc(N3CCCc4ccccc43)cc21. The zero-order valence-corrected chi connectivity index (χ0v) is 28.5. The molecule has 240 valence electrons. The van der Waals surface area contributed by atoms with Gasteiger partial charge in [-0.05, 0) is 118 Å². The van der Waals surface area contributed by atoms with Crippen molar-refractivity contribution in [3.8, 4) is 22.3 Å². The van der Waals surface area contributed by atoms with Crippen LogP contribution in [-0.4, -0.2) is 13.1 Å². The number of fused-ring (bicyclic) bond motifs is 5. The van der Waals surface area contributed by atoms with E-state index < -0.39 is 0 Å². The van der Waals surface area contributed by atoms with Gasteiger partial charge in [0.15, 0.2) is 0 Å². The molecular weight excluding hydrogens is 593 g/mol. The Morgan fingerprint density at radius 3 is 1.76 bits per heavy atom. The molecule has 2 nitrogen and oxygen atoms in total. The normalized spacial score (nSPS) is 15.9. The molecule has 0 atom stereocenters. The van der Waals surface area contributed by atoms with Crippen LogP contribution in [0.3, 0.4) is 0 Å². The fraction of sp³-hybridized carbons (Fsp3) is 0.191. The van der Waals surface area contributed by atoms with E-state index in [9.17, 15) is 0 Å². The van der Waals surface area contributed by atoms with Crippen molar-refractivity contribution >= 4 is 34.9 Å². The van der Waals surface area contributed by atoms with E-state index in [1.54, 1.807) is 0 Å². The molecule has 0 saturated carbocycles. The maximum Gasteiger partial charge on any atom is 0.0443 e. The van der Waals surface area contributed by atoms with E-state index in [-0.39, 0.29) is 5.41 Å². The van der Waals surface area contributed by atoms with Gasteiger partial charge in [-0.3, -0.25) is 0 Å². The molecule has 0 bridgehead atoms. The van der Waals surface area contributed by atoms with E-state index in [1.807, 2.05) is 0 Å².